The van der Waals surface area contributed by atoms with Crippen LogP contribution in [0.5, 0.6) is 0 Å². The second kappa shape index (κ2) is 8.76. The highest BCUT2D eigenvalue weighted by Crippen LogP contribution is 2.45. The molecule has 0 unspecified atom stereocenters. The standard InChI is InChI=1S/C25H24N2O2S/c1-17-12-13-20(18(2)14-17)26-24(28)16-27-21-10-6-7-11-22(21)30-23(15-25(27)29)19-8-4-3-5-9-19/h3-14,23H,15-16H2,1-2H3,(H,26,28)/t23-/m0/s1. The van der Waals surface area contributed by atoms with Crippen molar-refractivity contribution in [1.29, 1.82) is 0 Å². The van der Waals surface area contributed by atoms with Gasteiger partial charge in [0.1, 0.15) is 6.54 Å². The first-order chi connectivity index (χ1) is 14.5. The number of nitrogens with one attached hydrogen (secondary N) is 1. The summed E-state index contributed by atoms with van der Waals surface area (Å²) in [6.45, 7) is 3.98. The van der Waals surface area contributed by atoms with Gasteiger partial charge < -0.3 is 10.2 Å². The first kappa shape index (κ1) is 20.2. The highest BCUT2D eigenvalue weighted by Gasteiger charge is 2.30. The molecule has 1 N–H and O–H groups in total. The van der Waals surface area contributed by atoms with Crippen LogP contribution in [0.1, 0.15) is 28.4 Å². The fraction of sp³-hybridized carbons (Fsp3) is 0.200. The third-order valence-electron chi connectivity index (χ3n) is 5.22. The number of fused-ring (bicyclic) bond motifs is 1. The summed E-state index contributed by atoms with van der Waals surface area (Å²) in [7, 11) is 0. The molecule has 1 heterocycles. The molecule has 5 heteroatoms. The van der Waals surface area contributed by atoms with Crippen LogP contribution in [-0.2, 0) is 9.59 Å². The number of hydrogen-bond acceptors (Lipinski definition) is 3. The Morgan fingerprint density at radius 3 is 2.53 bits per heavy atom. The Morgan fingerprint density at radius 1 is 1.03 bits per heavy atom. The number of amides is 2. The summed E-state index contributed by atoms with van der Waals surface area (Å²) in [6.07, 6.45) is 0.347. The Hall–Kier alpha value is -3.05. The largest absolute Gasteiger partial charge is 0.324 e. The van der Waals surface area contributed by atoms with Gasteiger partial charge in [0.25, 0.3) is 0 Å². The molecule has 152 valence electrons. The van der Waals surface area contributed by atoms with Crippen LogP contribution in [-0.4, -0.2) is 18.4 Å². The van der Waals surface area contributed by atoms with E-state index in [1.807, 2.05) is 74.5 Å². The summed E-state index contributed by atoms with van der Waals surface area (Å²) in [4.78, 5) is 28.6. The number of carbonyl (C=O) groups excluding carboxylic acids is 2. The molecule has 30 heavy (non-hydrogen) atoms. The second-order valence-electron chi connectivity index (χ2n) is 7.54. The summed E-state index contributed by atoms with van der Waals surface area (Å²) in [6, 6.07) is 23.8. The number of anilines is 2. The zero-order chi connectivity index (χ0) is 21.1. The van der Waals surface area contributed by atoms with Crippen LogP contribution in [0, 0.1) is 13.8 Å². The van der Waals surface area contributed by atoms with Crippen LogP contribution in [0.25, 0.3) is 0 Å². The first-order valence-electron chi connectivity index (χ1n) is 9.99. The minimum atomic E-state index is -0.201. The van der Waals surface area contributed by atoms with E-state index in [-0.39, 0.29) is 23.6 Å². The van der Waals surface area contributed by atoms with E-state index >= 15 is 0 Å². The summed E-state index contributed by atoms with van der Waals surface area (Å²) >= 11 is 1.68. The van der Waals surface area contributed by atoms with Gasteiger partial charge >= 0.3 is 0 Å². The molecule has 1 aliphatic heterocycles. The number of benzene rings is 3. The van der Waals surface area contributed by atoms with Gasteiger partial charge in [0.15, 0.2) is 0 Å². The van der Waals surface area contributed by atoms with Crippen LogP contribution < -0.4 is 10.2 Å². The average molecular weight is 417 g/mol. The Morgan fingerprint density at radius 2 is 1.77 bits per heavy atom. The lowest BCUT2D eigenvalue weighted by Gasteiger charge is -2.22. The molecule has 1 aliphatic rings. The molecule has 2 amide bonds. The van der Waals surface area contributed by atoms with Gasteiger partial charge in [0.2, 0.25) is 11.8 Å². The number of carbonyl (C=O) groups is 2. The van der Waals surface area contributed by atoms with Crippen LogP contribution in [0.15, 0.2) is 77.7 Å². The molecule has 0 aliphatic carbocycles. The molecule has 0 bridgehead atoms. The van der Waals surface area contributed by atoms with Gasteiger partial charge in [0, 0.05) is 22.3 Å². The molecule has 0 radical (unpaired) electrons. The Bertz CT molecular complexity index is 1080. The van der Waals surface area contributed by atoms with Gasteiger partial charge in [-0.15, -0.1) is 11.8 Å². The van der Waals surface area contributed by atoms with Crippen LogP contribution in [0.3, 0.4) is 0 Å². The summed E-state index contributed by atoms with van der Waals surface area (Å²) in [5.41, 5.74) is 4.84. The minimum absolute atomic E-state index is 0.00870. The molecule has 3 aromatic carbocycles. The van der Waals surface area contributed by atoms with Crippen molar-refractivity contribution >= 4 is 35.0 Å². The minimum Gasteiger partial charge on any atom is -0.324 e. The van der Waals surface area contributed by atoms with Crippen molar-refractivity contribution in [3.8, 4) is 0 Å². The van der Waals surface area contributed by atoms with E-state index in [1.54, 1.807) is 16.7 Å². The topological polar surface area (TPSA) is 49.4 Å². The molecule has 0 spiro atoms. The molecule has 1 atom stereocenters. The molecule has 0 saturated carbocycles. The van der Waals surface area contributed by atoms with Gasteiger partial charge in [-0.2, -0.15) is 0 Å². The van der Waals surface area contributed by atoms with Crippen LogP contribution in [0.2, 0.25) is 0 Å². The van der Waals surface area contributed by atoms with Gasteiger partial charge in [-0.05, 0) is 43.2 Å². The number of aryl methyl sites for hydroxylation is 2. The SMILES string of the molecule is Cc1ccc(NC(=O)CN2C(=O)C[C@@H](c3ccccc3)Sc3ccccc32)c(C)c1. The number of para-hydroxylation sites is 1. The van der Waals surface area contributed by atoms with Crippen molar-refractivity contribution in [3.05, 3.63) is 89.5 Å². The maximum absolute atomic E-state index is 13.2. The molecule has 3 aromatic rings. The number of nitrogens with zero attached hydrogens (tertiary/aromatic N) is 1. The van der Waals surface area contributed by atoms with Crippen LogP contribution >= 0.6 is 11.8 Å². The van der Waals surface area contributed by atoms with E-state index < -0.39 is 0 Å². The lowest BCUT2D eigenvalue weighted by Crippen LogP contribution is -2.38. The van der Waals surface area contributed by atoms with Gasteiger partial charge in [0.05, 0.1) is 5.69 Å². The van der Waals surface area contributed by atoms with Crippen molar-refractivity contribution < 1.29 is 9.59 Å². The summed E-state index contributed by atoms with van der Waals surface area (Å²) < 4.78 is 0. The van der Waals surface area contributed by atoms with Crippen molar-refractivity contribution in [1.82, 2.24) is 0 Å². The van der Waals surface area contributed by atoms with E-state index in [0.717, 1.165) is 33.0 Å². The number of thioether (sulfide) groups is 1. The average Bonchev–Trinajstić information content (AvgIpc) is 2.88. The third kappa shape index (κ3) is 4.41. The highest BCUT2D eigenvalue weighted by molar-refractivity contribution is 7.99. The second-order valence-corrected chi connectivity index (χ2v) is 8.78. The lowest BCUT2D eigenvalue weighted by molar-refractivity contribution is -0.121. The smallest absolute Gasteiger partial charge is 0.244 e. The van der Waals surface area contributed by atoms with Crippen molar-refractivity contribution in [2.24, 2.45) is 0 Å². The summed E-state index contributed by atoms with van der Waals surface area (Å²) in [5, 5.41) is 2.98. The van der Waals surface area contributed by atoms with E-state index in [2.05, 4.69) is 17.4 Å². The predicted octanol–water partition coefficient (Wildman–Crippen LogP) is 5.51. The fourth-order valence-corrected chi connectivity index (χ4v) is 4.97. The molecular weight excluding hydrogens is 392 g/mol. The first-order valence-corrected chi connectivity index (χ1v) is 10.9. The van der Waals surface area contributed by atoms with Gasteiger partial charge in [-0.25, -0.2) is 0 Å². The maximum Gasteiger partial charge on any atom is 0.244 e. The van der Waals surface area contributed by atoms with E-state index in [9.17, 15) is 9.59 Å². The Labute approximate surface area is 181 Å². The molecule has 0 saturated heterocycles. The lowest BCUT2D eigenvalue weighted by atomic mass is 10.1. The zero-order valence-electron chi connectivity index (χ0n) is 17.1. The van der Waals surface area contributed by atoms with Gasteiger partial charge in [-0.3, -0.25) is 9.59 Å². The van der Waals surface area contributed by atoms with E-state index in [4.69, 9.17) is 0 Å². The maximum atomic E-state index is 13.2. The predicted molar refractivity (Wildman–Crippen MR) is 123 cm³/mol. The molecule has 0 fully saturated rings. The van der Waals surface area contributed by atoms with Crippen LogP contribution in [0.4, 0.5) is 11.4 Å². The molecular formula is C25H24N2O2S. The van der Waals surface area contributed by atoms with Crippen molar-refractivity contribution in [3.63, 3.8) is 0 Å². The van der Waals surface area contributed by atoms with Crippen molar-refractivity contribution in [2.45, 2.75) is 30.4 Å². The van der Waals surface area contributed by atoms with Gasteiger partial charge in [-0.1, -0.05) is 60.2 Å². The molecule has 0 aromatic heterocycles. The van der Waals surface area contributed by atoms with E-state index in [0.29, 0.717) is 6.42 Å². The fourth-order valence-electron chi connectivity index (χ4n) is 3.69. The Balaban J connectivity index is 1.58. The number of rotatable bonds is 4. The van der Waals surface area contributed by atoms with Crippen molar-refractivity contribution in [2.75, 3.05) is 16.8 Å². The quantitative estimate of drug-likeness (QED) is 0.610. The Kier molecular flexibility index (Phi) is 5.91. The monoisotopic (exact) mass is 416 g/mol. The van der Waals surface area contributed by atoms with E-state index in [1.165, 1.54) is 0 Å². The normalized spacial score (nSPS) is 16.0. The third-order valence-corrected chi connectivity index (χ3v) is 6.54. The zero-order valence-corrected chi connectivity index (χ0v) is 17.9. The highest BCUT2D eigenvalue weighted by atomic mass is 32.2. The molecule has 4 nitrogen and oxygen atoms in total. The molecule has 4 rings (SSSR count). The summed E-state index contributed by atoms with van der Waals surface area (Å²) in [5.74, 6) is -0.245. The number of hydrogen-bond donors (Lipinski definition) is 1.